The minimum absolute atomic E-state index is 0.127. The quantitative estimate of drug-likeness (QED) is 0.0264. The second-order valence-corrected chi connectivity index (χ2v) is 15.5. The summed E-state index contributed by atoms with van der Waals surface area (Å²) in [7, 11) is 0. The number of carbonyl (C=O) groups is 3. The molecule has 0 rings (SSSR count). The number of allylic oxidation sites excluding steroid dienone is 22. The van der Waals surface area contributed by atoms with Crippen LogP contribution in [0.4, 0.5) is 0 Å². The zero-order chi connectivity index (χ0) is 45.1. The Morgan fingerprint density at radius 2 is 0.629 bits per heavy atom. The van der Waals surface area contributed by atoms with E-state index in [1.165, 1.54) is 44.9 Å². The van der Waals surface area contributed by atoms with Gasteiger partial charge in [-0.25, -0.2) is 0 Å². The Morgan fingerprint density at radius 3 is 1.00 bits per heavy atom. The molecule has 0 heterocycles. The minimum Gasteiger partial charge on any atom is -0.462 e. The van der Waals surface area contributed by atoms with Crippen molar-refractivity contribution in [3.8, 4) is 0 Å². The predicted octanol–water partition coefficient (Wildman–Crippen LogP) is 15.9. The fraction of sp³-hybridized carbons (Fsp3) is 0.554. The lowest BCUT2D eigenvalue weighted by atomic mass is 10.1. The van der Waals surface area contributed by atoms with E-state index in [0.29, 0.717) is 19.3 Å². The fourth-order valence-electron chi connectivity index (χ4n) is 5.99. The van der Waals surface area contributed by atoms with Crippen molar-refractivity contribution in [3.63, 3.8) is 0 Å². The van der Waals surface area contributed by atoms with Gasteiger partial charge in [-0.05, 0) is 83.5 Å². The largest absolute Gasteiger partial charge is 0.462 e. The molecule has 0 aromatic carbocycles. The molecule has 6 nitrogen and oxygen atoms in total. The Bertz CT molecular complexity index is 1400. The first kappa shape index (κ1) is 57.5. The van der Waals surface area contributed by atoms with Gasteiger partial charge in [-0.2, -0.15) is 0 Å². The van der Waals surface area contributed by atoms with Crippen LogP contribution in [-0.2, 0) is 28.6 Å². The van der Waals surface area contributed by atoms with Crippen LogP contribution >= 0.6 is 0 Å². The summed E-state index contributed by atoms with van der Waals surface area (Å²) in [5, 5.41) is 0. The molecule has 0 radical (unpaired) electrons. The molecule has 0 aliphatic rings. The molecule has 0 amide bonds. The highest BCUT2D eigenvalue weighted by molar-refractivity contribution is 5.71. The number of ether oxygens (including phenoxy) is 3. The van der Waals surface area contributed by atoms with Crippen LogP contribution in [-0.4, -0.2) is 37.2 Å². The van der Waals surface area contributed by atoms with Gasteiger partial charge in [-0.15, -0.1) is 0 Å². The molecule has 1 unspecified atom stereocenters. The number of rotatable bonds is 41. The average molecular weight is 855 g/mol. The van der Waals surface area contributed by atoms with Crippen LogP contribution in [0.5, 0.6) is 0 Å². The molecule has 0 aromatic rings. The van der Waals surface area contributed by atoms with Crippen LogP contribution in [0.25, 0.3) is 0 Å². The molecule has 0 bridgehead atoms. The van der Waals surface area contributed by atoms with Crippen molar-refractivity contribution >= 4 is 17.9 Å². The molecule has 0 fully saturated rings. The van der Waals surface area contributed by atoms with Crippen LogP contribution in [0.2, 0.25) is 0 Å². The van der Waals surface area contributed by atoms with Crippen molar-refractivity contribution in [2.45, 2.75) is 187 Å². The molecule has 0 N–H and O–H groups in total. The van der Waals surface area contributed by atoms with E-state index in [4.69, 9.17) is 14.2 Å². The van der Waals surface area contributed by atoms with E-state index in [9.17, 15) is 14.4 Å². The molecule has 62 heavy (non-hydrogen) atoms. The smallest absolute Gasteiger partial charge is 0.306 e. The third-order valence-corrected chi connectivity index (χ3v) is 9.62. The molecule has 0 aliphatic carbocycles. The Kier molecular flexibility index (Phi) is 45.7. The third kappa shape index (κ3) is 46.6. The van der Waals surface area contributed by atoms with E-state index in [1.807, 2.05) is 85.1 Å². The molecule has 0 saturated carbocycles. The second kappa shape index (κ2) is 49.2. The number of hydrogen-bond acceptors (Lipinski definition) is 6. The van der Waals surface area contributed by atoms with Gasteiger partial charge in [0.25, 0.3) is 0 Å². The lowest BCUT2D eigenvalue weighted by molar-refractivity contribution is -0.167. The summed E-state index contributed by atoms with van der Waals surface area (Å²) in [6.07, 6.45) is 68.6. The maximum absolute atomic E-state index is 12.8. The van der Waals surface area contributed by atoms with Gasteiger partial charge in [-0.1, -0.05) is 212 Å². The lowest BCUT2D eigenvalue weighted by Gasteiger charge is -2.18. The summed E-state index contributed by atoms with van der Waals surface area (Å²) in [5.74, 6) is -1.05. The van der Waals surface area contributed by atoms with E-state index in [1.54, 1.807) is 0 Å². The van der Waals surface area contributed by atoms with Gasteiger partial charge >= 0.3 is 17.9 Å². The molecule has 0 spiro atoms. The van der Waals surface area contributed by atoms with E-state index < -0.39 is 6.10 Å². The zero-order valence-corrected chi connectivity index (χ0v) is 39.3. The van der Waals surface area contributed by atoms with E-state index >= 15 is 0 Å². The Morgan fingerprint density at radius 1 is 0.339 bits per heavy atom. The monoisotopic (exact) mass is 855 g/mol. The first-order valence-corrected chi connectivity index (χ1v) is 24.3. The minimum atomic E-state index is -0.831. The molecular weight excluding hydrogens is 769 g/mol. The molecule has 1 atom stereocenters. The van der Waals surface area contributed by atoms with Gasteiger partial charge in [-0.3, -0.25) is 14.4 Å². The standard InChI is InChI=1S/C56H86O6/c1-4-7-10-13-16-19-22-25-27-29-31-34-37-40-43-46-49-55(58)61-52-53(51-60-54(57)48-45-42-39-36-33-30-24-21-18-15-12-9-6-3)62-56(59)50-47-44-41-38-35-32-28-26-23-20-17-14-11-8-5-2/h8-9,11-12,14-15,17-18,20-21,23-24,26-35,53H,4-7,10,13,16,19,22,25,36-52H2,1-3H3/b11-8-,12-9-,17-14-,18-15-,23-20-,24-21-,28-26-,29-27-,33-30-,34-31-,35-32-. The molecule has 0 aromatic heterocycles. The van der Waals surface area contributed by atoms with Gasteiger partial charge in [0, 0.05) is 19.3 Å². The van der Waals surface area contributed by atoms with Crippen molar-refractivity contribution in [3.05, 3.63) is 134 Å². The predicted molar refractivity (Wildman–Crippen MR) is 265 cm³/mol. The van der Waals surface area contributed by atoms with E-state index in [2.05, 4.69) is 69.4 Å². The van der Waals surface area contributed by atoms with Gasteiger partial charge in [0.2, 0.25) is 0 Å². The number of esters is 3. The number of carbonyl (C=O) groups excluding carboxylic acids is 3. The Labute approximate surface area is 379 Å². The molecular formula is C56H86O6. The van der Waals surface area contributed by atoms with Crippen molar-refractivity contribution in [1.29, 1.82) is 0 Å². The number of unbranched alkanes of at least 4 members (excludes halogenated alkanes) is 16. The fourth-order valence-corrected chi connectivity index (χ4v) is 5.99. The maximum Gasteiger partial charge on any atom is 0.306 e. The normalized spacial score (nSPS) is 13.3. The van der Waals surface area contributed by atoms with Gasteiger partial charge in [0.1, 0.15) is 13.2 Å². The van der Waals surface area contributed by atoms with Crippen molar-refractivity contribution in [2.24, 2.45) is 0 Å². The first-order valence-electron chi connectivity index (χ1n) is 24.3. The summed E-state index contributed by atoms with van der Waals surface area (Å²) in [4.78, 5) is 37.9. The average Bonchev–Trinajstić information content (AvgIpc) is 3.27. The highest BCUT2D eigenvalue weighted by Gasteiger charge is 2.19. The third-order valence-electron chi connectivity index (χ3n) is 9.62. The second-order valence-electron chi connectivity index (χ2n) is 15.5. The lowest BCUT2D eigenvalue weighted by Crippen LogP contribution is -2.30. The summed E-state index contributed by atoms with van der Waals surface area (Å²) < 4.78 is 16.7. The topological polar surface area (TPSA) is 78.9 Å². The van der Waals surface area contributed by atoms with E-state index in [0.717, 1.165) is 89.9 Å². The van der Waals surface area contributed by atoms with Crippen molar-refractivity contribution in [1.82, 2.24) is 0 Å². The summed E-state index contributed by atoms with van der Waals surface area (Å²) >= 11 is 0. The summed E-state index contributed by atoms with van der Waals surface area (Å²) in [6, 6.07) is 0. The van der Waals surface area contributed by atoms with Crippen LogP contribution in [0, 0.1) is 0 Å². The van der Waals surface area contributed by atoms with Crippen LogP contribution in [0.3, 0.4) is 0 Å². The first-order chi connectivity index (χ1) is 30.5. The van der Waals surface area contributed by atoms with Crippen molar-refractivity contribution < 1.29 is 28.6 Å². The highest BCUT2D eigenvalue weighted by atomic mass is 16.6. The Balaban J connectivity index is 4.60. The SMILES string of the molecule is CC\C=C/C=C\C=C/C=C\C=C/CCCCCC(=O)OC(COC(=O)CCCCC\C=C/C=C\C=C/C=C\CC)COC(=O)CCCCC/C=C\C=C/CCCCCCCCC. The summed E-state index contributed by atoms with van der Waals surface area (Å²) in [6.45, 7) is 6.22. The maximum atomic E-state index is 12.8. The van der Waals surface area contributed by atoms with Gasteiger partial charge in [0.05, 0.1) is 0 Å². The van der Waals surface area contributed by atoms with E-state index in [-0.39, 0.29) is 37.5 Å². The van der Waals surface area contributed by atoms with Gasteiger partial charge < -0.3 is 14.2 Å². The summed E-state index contributed by atoms with van der Waals surface area (Å²) in [5.41, 5.74) is 0. The molecule has 6 heteroatoms. The molecule has 0 aliphatic heterocycles. The molecule has 346 valence electrons. The highest BCUT2D eigenvalue weighted by Crippen LogP contribution is 2.11. The molecule has 0 saturated heterocycles. The Hall–Kier alpha value is -4.45. The van der Waals surface area contributed by atoms with Crippen LogP contribution in [0.1, 0.15) is 181 Å². The van der Waals surface area contributed by atoms with Crippen molar-refractivity contribution in [2.75, 3.05) is 13.2 Å². The van der Waals surface area contributed by atoms with Crippen LogP contribution < -0.4 is 0 Å². The van der Waals surface area contributed by atoms with Gasteiger partial charge in [0.15, 0.2) is 6.10 Å². The number of hydrogen-bond donors (Lipinski definition) is 0. The van der Waals surface area contributed by atoms with Crippen LogP contribution in [0.15, 0.2) is 134 Å². The zero-order valence-electron chi connectivity index (χ0n) is 39.3.